The van der Waals surface area contributed by atoms with E-state index >= 15 is 0 Å². The minimum absolute atomic E-state index is 0.112. The molecule has 0 aliphatic carbocycles. The van der Waals surface area contributed by atoms with Gasteiger partial charge in [-0.2, -0.15) is 0 Å². The summed E-state index contributed by atoms with van der Waals surface area (Å²) in [7, 11) is 0. The van der Waals surface area contributed by atoms with E-state index in [9.17, 15) is 9.59 Å². The molecular weight excluding hydrogens is 356 g/mol. The van der Waals surface area contributed by atoms with E-state index in [1.165, 1.54) is 25.0 Å². The van der Waals surface area contributed by atoms with Crippen LogP contribution >= 0.6 is 23.1 Å². The zero-order valence-electron chi connectivity index (χ0n) is 13.6. The molecule has 0 saturated heterocycles. The van der Waals surface area contributed by atoms with Gasteiger partial charge in [-0.25, -0.2) is 9.97 Å². The first-order valence-electron chi connectivity index (χ1n) is 7.56. The van der Waals surface area contributed by atoms with Crippen LogP contribution in [-0.4, -0.2) is 27.0 Å². The van der Waals surface area contributed by atoms with Crippen LogP contribution in [0.3, 0.4) is 0 Å². The molecule has 0 fully saturated rings. The SMILES string of the molecule is CC(=O)Nc1ccc(NC(=O)C(C)Sc2ncnc3sccc23)cc1. The third kappa shape index (κ3) is 4.34. The van der Waals surface area contributed by atoms with E-state index in [0.717, 1.165) is 15.2 Å². The number of rotatable bonds is 5. The van der Waals surface area contributed by atoms with Gasteiger partial charge in [0.2, 0.25) is 11.8 Å². The summed E-state index contributed by atoms with van der Waals surface area (Å²) in [6.45, 7) is 3.29. The quantitative estimate of drug-likeness (QED) is 0.526. The zero-order valence-corrected chi connectivity index (χ0v) is 15.3. The molecule has 2 N–H and O–H groups in total. The second-order valence-electron chi connectivity index (χ2n) is 5.33. The second-order valence-corrected chi connectivity index (χ2v) is 7.55. The van der Waals surface area contributed by atoms with Gasteiger partial charge in [-0.3, -0.25) is 9.59 Å². The van der Waals surface area contributed by atoms with Gasteiger partial charge in [0.1, 0.15) is 16.2 Å². The monoisotopic (exact) mass is 372 g/mol. The summed E-state index contributed by atoms with van der Waals surface area (Å²) < 4.78 is 0. The Morgan fingerprint density at radius 1 is 1.08 bits per heavy atom. The second kappa shape index (κ2) is 7.62. The topological polar surface area (TPSA) is 84.0 Å². The Hall–Kier alpha value is -2.45. The van der Waals surface area contributed by atoms with Gasteiger partial charge in [0.05, 0.1) is 5.25 Å². The molecular formula is C17H16N4O2S2. The highest BCUT2D eigenvalue weighted by atomic mass is 32.2. The minimum atomic E-state index is -0.312. The lowest BCUT2D eigenvalue weighted by Crippen LogP contribution is -2.22. The molecule has 1 unspecified atom stereocenters. The predicted octanol–water partition coefficient (Wildman–Crippen LogP) is 3.77. The summed E-state index contributed by atoms with van der Waals surface area (Å²) in [6, 6.07) is 8.96. The highest BCUT2D eigenvalue weighted by molar-refractivity contribution is 8.00. The number of hydrogen-bond acceptors (Lipinski definition) is 6. The van der Waals surface area contributed by atoms with Crippen molar-refractivity contribution in [1.82, 2.24) is 9.97 Å². The van der Waals surface area contributed by atoms with E-state index in [1.54, 1.807) is 35.6 Å². The molecule has 2 aromatic heterocycles. The number of thiophene rings is 1. The molecule has 6 nitrogen and oxygen atoms in total. The van der Waals surface area contributed by atoms with Crippen LogP contribution in [0.15, 0.2) is 47.1 Å². The normalized spacial score (nSPS) is 11.9. The number of nitrogens with zero attached hydrogens (tertiary/aromatic N) is 2. The van der Waals surface area contributed by atoms with Crippen LogP contribution in [0, 0.1) is 0 Å². The van der Waals surface area contributed by atoms with Gasteiger partial charge in [0, 0.05) is 23.7 Å². The number of hydrogen-bond donors (Lipinski definition) is 2. The summed E-state index contributed by atoms with van der Waals surface area (Å²) in [5.41, 5.74) is 1.36. The molecule has 2 amide bonds. The Bertz CT molecular complexity index is 908. The maximum Gasteiger partial charge on any atom is 0.237 e. The maximum atomic E-state index is 12.4. The third-order valence-corrected chi connectivity index (χ3v) is 5.29. The van der Waals surface area contributed by atoms with Crippen molar-refractivity contribution in [2.45, 2.75) is 24.1 Å². The van der Waals surface area contributed by atoms with Crippen LogP contribution in [0.5, 0.6) is 0 Å². The van der Waals surface area contributed by atoms with E-state index in [4.69, 9.17) is 0 Å². The minimum Gasteiger partial charge on any atom is -0.326 e. The average Bonchev–Trinajstić information content (AvgIpc) is 3.06. The van der Waals surface area contributed by atoms with Crippen LogP contribution < -0.4 is 10.6 Å². The van der Waals surface area contributed by atoms with E-state index in [0.29, 0.717) is 11.4 Å². The van der Waals surface area contributed by atoms with Crippen molar-refractivity contribution in [2.75, 3.05) is 10.6 Å². The zero-order chi connectivity index (χ0) is 17.8. The van der Waals surface area contributed by atoms with Crippen molar-refractivity contribution in [3.63, 3.8) is 0 Å². The van der Waals surface area contributed by atoms with E-state index < -0.39 is 0 Å². The maximum absolute atomic E-state index is 12.4. The van der Waals surface area contributed by atoms with Gasteiger partial charge >= 0.3 is 0 Å². The average molecular weight is 372 g/mol. The Balaban J connectivity index is 1.64. The number of carbonyl (C=O) groups is 2. The molecule has 8 heteroatoms. The summed E-state index contributed by atoms with van der Waals surface area (Å²) in [5.74, 6) is -0.245. The first kappa shape index (κ1) is 17.4. The van der Waals surface area contributed by atoms with Crippen LogP contribution in [0.1, 0.15) is 13.8 Å². The number of thioether (sulfide) groups is 1. The lowest BCUT2D eigenvalue weighted by Gasteiger charge is -2.12. The highest BCUT2D eigenvalue weighted by Gasteiger charge is 2.17. The standard InChI is InChI=1S/C17H16N4O2S2/c1-10(25-17-14-7-8-24-16(14)18-9-19-17)15(23)21-13-5-3-12(4-6-13)20-11(2)22/h3-10H,1-2H3,(H,20,22)(H,21,23). The molecule has 0 aliphatic heterocycles. The molecule has 3 aromatic rings. The molecule has 2 heterocycles. The Morgan fingerprint density at radius 2 is 1.76 bits per heavy atom. The summed E-state index contributed by atoms with van der Waals surface area (Å²) in [6.07, 6.45) is 1.52. The molecule has 1 atom stereocenters. The fraction of sp³-hybridized carbons (Fsp3) is 0.176. The number of amides is 2. The van der Waals surface area contributed by atoms with Crippen LogP contribution in [0.25, 0.3) is 10.2 Å². The van der Waals surface area contributed by atoms with Gasteiger partial charge in [-0.05, 0) is 42.6 Å². The first-order valence-corrected chi connectivity index (χ1v) is 9.32. The molecule has 1 aromatic carbocycles. The fourth-order valence-corrected chi connectivity index (χ4v) is 3.86. The molecule has 128 valence electrons. The Morgan fingerprint density at radius 3 is 2.44 bits per heavy atom. The summed E-state index contributed by atoms with van der Waals surface area (Å²) in [4.78, 5) is 32.8. The summed E-state index contributed by atoms with van der Waals surface area (Å²) >= 11 is 2.95. The molecule has 3 rings (SSSR count). The van der Waals surface area contributed by atoms with Crippen molar-refractivity contribution in [3.05, 3.63) is 42.0 Å². The van der Waals surface area contributed by atoms with Gasteiger partial charge in [-0.15, -0.1) is 11.3 Å². The van der Waals surface area contributed by atoms with E-state index in [-0.39, 0.29) is 17.1 Å². The molecule has 0 aliphatic rings. The van der Waals surface area contributed by atoms with Crippen molar-refractivity contribution < 1.29 is 9.59 Å². The van der Waals surface area contributed by atoms with Crippen molar-refractivity contribution in [2.24, 2.45) is 0 Å². The molecule has 0 saturated carbocycles. The summed E-state index contributed by atoms with van der Waals surface area (Å²) in [5, 5.41) is 8.98. The number of nitrogens with one attached hydrogen (secondary N) is 2. The predicted molar refractivity (Wildman–Crippen MR) is 102 cm³/mol. The third-order valence-electron chi connectivity index (χ3n) is 3.36. The van der Waals surface area contributed by atoms with Crippen LogP contribution in [0.4, 0.5) is 11.4 Å². The van der Waals surface area contributed by atoms with E-state index in [1.807, 2.05) is 18.4 Å². The first-order chi connectivity index (χ1) is 12.0. The smallest absolute Gasteiger partial charge is 0.237 e. The van der Waals surface area contributed by atoms with Gasteiger partial charge in [0.15, 0.2) is 0 Å². The van der Waals surface area contributed by atoms with Gasteiger partial charge in [0.25, 0.3) is 0 Å². The molecule has 0 spiro atoms. The van der Waals surface area contributed by atoms with Crippen LogP contribution in [0.2, 0.25) is 0 Å². The largest absolute Gasteiger partial charge is 0.326 e. The fourth-order valence-electron chi connectivity index (χ4n) is 2.17. The number of anilines is 2. The molecule has 0 bridgehead atoms. The van der Waals surface area contributed by atoms with Crippen LogP contribution in [-0.2, 0) is 9.59 Å². The Labute approximate surface area is 153 Å². The number of carbonyl (C=O) groups excluding carboxylic acids is 2. The lowest BCUT2D eigenvalue weighted by atomic mass is 10.2. The highest BCUT2D eigenvalue weighted by Crippen LogP contribution is 2.30. The van der Waals surface area contributed by atoms with Crippen molar-refractivity contribution >= 4 is 56.5 Å². The van der Waals surface area contributed by atoms with E-state index in [2.05, 4.69) is 20.6 Å². The molecule has 25 heavy (non-hydrogen) atoms. The van der Waals surface area contributed by atoms with Gasteiger partial charge in [-0.1, -0.05) is 11.8 Å². The molecule has 0 radical (unpaired) electrons. The number of benzene rings is 1. The lowest BCUT2D eigenvalue weighted by molar-refractivity contribution is -0.115. The van der Waals surface area contributed by atoms with Crippen molar-refractivity contribution in [1.29, 1.82) is 0 Å². The Kier molecular flexibility index (Phi) is 5.30. The van der Waals surface area contributed by atoms with Gasteiger partial charge < -0.3 is 10.6 Å². The number of aromatic nitrogens is 2. The number of fused-ring (bicyclic) bond motifs is 1. The van der Waals surface area contributed by atoms with Crippen molar-refractivity contribution in [3.8, 4) is 0 Å².